The Morgan fingerprint density at radius 3 is 2.82 bits per heavy atom. The van der Waals surface area contributed by atoms with Crippen LogP contribution in [0.1, 0.15) is 6.23 Å². The second kappa shape index (κ2) is 7.65. The third-order valence-corrected chi connectivity index (χ3v) is 4.32. The fourth-order valence-electron chi connectivity index (χ4n) is 2.62. The number of H-pyrrole nitrogens is 1. The Balaban J connectivity index is 1.91. The van der Waals surface area contributed by atoms with Gasteiger partial charge in [0.25, 0.3) is 5.56 Å². The summed E-state index contributed by atoms with van der Waals surface area (Å²) in [5, 5.41) is 31.7. The molecule has 15 nitrogen and oxygen atoms in total. The van der Waals surface area contributed by atoms with Crippen molar-refractivity contribution >= 4 is 31.2 Å². The number of aliphatic hydroxyl groups excluding tert-OH is 3. The highest BCUT2D eigenvalue weighted by atomic mass is 31.2. The van der Waals surface area contributed by atoms with Crippen molar-refractivity contribution in [1.82, 2.24) is 19.5 Å². The van der Waals surface area contributed by atoms with Crippen LogP contribution < -0.4 is 20.7 Å². The number of carbonyl (C=O) groups is 1. The van der Waals surface area contributed by atoms with Gasteiger partial charge in [0.1, 0.15) is 18.3 Å². The van der Waals surface area contributed by atoms with Gasteiger partial charge in [0.05, 0.1) is 20.8 Å². The van der Waals surface area contributed by atoms with E-state index in [9.17, 15) is 39.3 Å². The number of hydrogen-bond donors (Lipinski definition) is 5. The maximum absolute atomic E-state index is 12.1. The van der Waals surface area contributed by atoms with Crippen LogP contribution in [0, 0.1) is 0 Å². The van der Waals surface area contributed by atoms with E-state index in [4.69, 9.17) is 4.74 Å². The number of nitrogens with one attached hydrogen (secondary N) is 2. The lowest BCUT2D eigenvalue weighted by Gasteiger charge is -2.30. The molecule has 2 aromatic heterocycles. The Morgan fingerprint density at radius 1 is 1.46 bits per heavy atom. The van der Waals surface area contributed by atoms with Crippen molar-refractivity contribution in [2.45, 2.75) is 30.8 Å². The number of aromatic amines is 1. The maximum atomic E-state index is 12.1. The van der Waals surface area contributed by atoms with E-state index in [1.807, 2.05) is 0 Å². The molecule has 0 aliphatic carbocycles. The molecule has 5 atom stereocenters. The minimum absolute atomic E-state index is 0.138. The number of imidazole rings is 1. The lowest BCUT2D eigenvalue weighted by Crippen LogP contribution is -2.34. The number of ether oxygens (including phenoxy) is 1. The van der Waals surface area contributed by atoms with Gasteiger partial charge in [-0.1, -0.05) is 0 Å². The number of anilines is 1. The first kappa shape index (κ1) is 20.5. The summed E-state index contributed by atoms with van der Waals surface area (Å²) in [6.45, 7) is -0.835. The highest BCUT2D eigenvalue weighted by Gasteiger charge is 2.44. The van der Waals surface area contributed by atoms with Crippen molar-refractivity contribution < 1.29 is 43.7 Å². The van der Waals surface area contributed by atoms with E-state index in [1.165, 1.54) is 0 Å². The van der Waals surface area contributed by atoms with Crippen LogP contribution in [0.25, 0.3) is 11.2 Å². The lowest BCUT2D eigenvalue weighted by atomic mass is 10.1. The van der Waals surface area contributed by atoms with Crippen molar-refractivity contribution in [1.29, 1.82) is 0 Å². The summed E-state index contributed by atoms with van der Waals surface area (Å²) in [5.74, 6) is -0.287. The molecule has 0 bridgehead atoms. The molecule has 2 aromatic rings. The number of carbonyl (C=O) groups excluding carboxylic acids is 1. The fraction of sp³-hybridized carbons (Fsp3) is 0.500. The SMILES string of the molecule is O=CC(O)Nc1nc2c(ncn2[C@@H]2O[C@H](COP(=O)([O-])[O-])[C@@H](O)[C@H]2O)c(=O)[nH]1. The van der Waals surface area contributed by atoms with Crippen LogP contribution >= 0.6 is 7.82 Å². The van der Waals surface area contributed by atoms with Gasteiger partial charge in [-0.05, 0) is 0 Å². The van der Waals surface area contributed by atoms with Gasteiger partial charge < -0.3 is 44.2 Å². The number of aliphatic hydroxyl groups is 3. The smallest absolute Gasteiger partial charge is 0.280 e. The molecular formula is C12H14N5O10P-2. The molecule has 5 N–H and O–H groups in total. The molecule has 0 saturated carbocycles. The van der Waals surface area contributed by atoms with Gasteiger partial charge in [0.2, 0.25) is 5.95 Å². The second-order valence-corrected chi connectivity index (χ2v) is 6.91. The molecule has 1 aliphatic heterocycles. The van der Waals surface area contributed by atoms with Gasteiger partial charge in [-0.25, -0.2) is 4.98 Å². The molecule has 1 saturated heterocycles. The van der Waals surface area contributed by atoms with E-state index in [0.29, 0.717) is 0 Å². The topological polar surface area (TPSA) is 235 Å². The highest BCUT2D eigenvalue weighted by molar-refractivity contribution is 7.43. The molecular weight excluding hydrogens is 405 g/mol. The monoisotopic (exact) mass is 419 g/mol. The number of aldehydes is 1. The zero-order valence-corrected chi connectivity index (χ0v) is 14.6. The van der Waals surface area contributed by atoms with Gasteiger partial charge in [-0.15, -0.1) is 0 Å². The zero-order valence-electron chi connectivity index (χ0n) is 13.7. The number of phosphoric ester groups is 1. The quantitative estimate of drug-likeness (QED) is 0.162. The van der Waals surface area contributed by atoms with Gasteiger partial charge in [0, 0.05) is 0 Å². The molecule has 1 fully saturated rings. The van der Waals surface area contributed by atoms with Gasteiger partial charge >= 0.3 is 0 Å². The highest BCUT2D eigenvalue weighted by Crippen LogP contribution is 2.34. The molecule has 16 heteroatoms. The summed E-state index contributed by atoms with van der Waals surface area (Å²) in [6.07, 6.45) is -6.38. The Bertz CT molecular complexity index is 971. The summed E-state index contributed by atoms with van der Waals surface area (Å²) >= 11 is 0. The Hall–Kier alpha value is -2.23. The first-order chi connectivity index (χ1) is 13.1. The third kappa shape index (κ3) is 4.11. The van der Waals surface area contributed by atoms with Crippen LogP contribution in [0.2, 0.25) is 0 Å². The number of phosphoric acid groups is 1. The normalized spacial score (nSPS) is 26.5. The standard InChI is InChI=1S/C12H16N5O10P/c18-1-5(19)14-12-15-9-6(10(22)16-12)13-3-17(9)11-8(21)7(20)4(27-11)2-26-28(23,24)25/h1,3-5,7-8,11,19-21H,2H2,(H2,23,24,25)(H2,14,15,16,22)/p-2/t4-,5?,7-,8-,11-/m1/s1. The third-order valence-electron chi connectivity index (χ3n) is 3.85. The van der Waals surface area contributed by atoms with Gasteiger partial charge in [-0.2, -0.15) is 4.98 Å². The minimum atomic E-state index is -5.32. The molecule has 1 aliphatic rings. The van der Waals surface area contributed by atoms with Crippen LogP contribution in [-0.4, -0.2) is 72.3 Å². The van der Waals surface area contributed by atoms with Crippen LogP contribution in [0.3, 0.4) is 0 Å². The van der Waals surface area contributed by atoms with E-state index >= 15 is 0 Å². The summed E-state index contributed by atoms with van der Waals surface area (Å²) < 4.78 is 21.1. The second-order valence-electron chi connectivity index (χ2n) is 5.75. The molecule has 0 radical (unpaired) electrons. The van der Waals surface area contributed by atoms with Crippen LogP contribution in [0.4, 0.5) is 5.95 Å². The molecule has 1 unspecified atom stereocenters. The van der Waals surface area contributed by atoms with Crippen LogP contribution in [0.15, 0.2) is 11.1 Å². The van der Waals surface area contributed by atoms with Crippen molar-refractivity contribution in [2.75, 3.05) is 11.9 Å². The molecule has 154 valence electrons. The van der Waals surface area contributed by atoms with E-state index in [1.54, 1.807) is 0 Å². The maximum Gasteiger partial charge on any atom is 0.280 e. The van der Waals surface area contributed by atoms with E-state index in [2.05, 4.69) is 24.8 Å². The van der Waals surface area contributed by atoms with E-state index in [-0.39, 0.29) is 23.4 Å². The number of hydrogen-bond acceptors (Lipinski definition) is 13. The van der Waals surface area contributed by atoms with Crippen LogP contribution in [-0.2, 0) is 18.6 Å². The van der Waals surface area contributed by atoms with E-state index < -0.39 is 50.8 Å². The van der Waals surface area contributed by atoms with Gasteiger partial charge in [0.15, 0.2) is 29.9 Å². The summed E-state index contributed by atoms with van der Waals surface area (Å²) in [7, 11) is -5.32. The lowest BCUT2D eigenvalue weighted by molar-refractivity contribution is -0.343. The van der Waals surface area contributed by atoms with Gasteiger partial charge in [-0.3, -0.25) is 19.1 Å². The molecule has 0 aromatic carbocycles. The predicted molar refractivity (Wildman–Crippen MR) is 83.3 cm³/mol. The summed E-state index contributed by atoms with van der Waals surface area (Å²) in [4.78, 5) is 53.8. The van der Waals surface area contributed by atoms with Crippen molar-refractivity contribution in [3.8, 4) is 0 Å². The fourth-order valence-corrected chi connectivity index (χ4v) is 2.95. The Morgan fingerprint density at radius 2 is 2.18 bits per heavy atom. The number of rotatable bonds is 7. The molecule has 0 spiro atoms. The number of nitrogens with zero attached hydrogens (tertiary/aromatic N) is 3. The molecule has 0 amide bonds. The minimum Gasteiger partial charge on any atom is -0.790 e. The van der Waals surface area contributed by atoms with Crippen LogP contribution in [0.5, 0.6) is 0 Å². The molecule has 3 heterocycles. The first-order valence-electron chi connectivity index (χ1n) is 7.65. The average molecular weight is 419 g/mol. The zero-order chi connectivity index (χ0) is 20.6. The van der Waals surface area contributed by atoms with Crippen molar-refractivity contribution in [3.63, 3.8) is 0 Å². The Kier molecular flexibility index (Phi) is 5.60. The largest absolute Gasteiger partial charge is 0.790 e. The summed E-state index contributed by atoms with van der Waals surface area (Å²) in [5.41, 5.74) is -1.06. The predicted octanol–water partition coefficient (Wildman–Crippen LogP) is -4.49. The summed E-state index contributed by atoms with van der Waals surface area (Å²) in [6, 6.07) is 0. The first-order valence-corrected chi connectivity index (χ1v) is 9.11. The molecule has 28 heavy (non-hydrogen) atoms. The molecule has 3 rings (SSSR count). The van der Waals surface area contributed by atoms with E-state index in [0.717, 1.165) is 10.9 Å². The van der Waals surface area contributed by atoms with Crippen molar-refractivity contribution in [3.05, 3.63) is 16.7 Å². The number of fused-ring (bicyclic) bond motifs is 1. The van der Waals surface area contributed by atoms with Crippen molar-refractivity contribution in [2.24, 2.45) is 0 Å². The average Bonchev–Trinajstić information content (AvgIpc) is 3.15. The Labute approximate surface area is 154 Å². The number of aromatic nitrogens is 4.